The molecule has 0 spiro atoms. The molecule has 1 amide bonds. The van der Waals surface area contributed by atoms with E-state index < -0.39 is 21.9 Å². The van der Waals surface area contributed by atoms with Gasteiger partial charge in [-0.25, -0.2) is 17.9 Å². The first-order chi connectivity index (χ1) is 12.7. The van der Waals surface area contributed by atoms with Gasteiger partial charge in [-0.05, 0) is 57.2 Å². The summed E-state index contributed by atoms with van der Waals surface area (Å²) >= 11 is 0. The minimum Gasteiger partial charge on any atom is -0.462 e. The number of anilines is 1. The predicted octanol–water partition coefficient (Wildman–Crippen LogP) is 2.80. The Kier molecular flexibility index (Phi) is 6.70. The number of carbonyl (C=O) groups excluding carboxylic acids is 2. The summed E-state index contributed by atoms with van der Waals surface area (Å²) < 4.78 is 31.7. The molecule has 27 heavy (non-hydrogen) atoms. The van der Waals surface area contributed by atoms with Crippen molar-refractivity contribution in [2.45, 2.75) is 31.7 Å². The van der Waals surface area contributed by atoms with Gasteiger partial charge in [-0.15, -0.1) is 0 Å². The van der Waals surface area contributed by atoms with E-state index in [4.69, 9.17) is 4.74 Å². The number of benzene rings is 2. The van der Waals surface area contributed by atoms with E-state index in [-0.39, 0.29) is 28.7 Å². The molecule has 0 heterocycles. The number of rotatable bonds is 7. The Labute approximate surface area is 158 Å². The SMILES string of the molecule is CCOC(=O)c1ccccc1NC(=O)c1ccc(S(=O)(=O)NC(C)C)cc1. The van der Waals surface area contributed by atoms with Crippen molar-refractivity contribution in [1.82, 2.24) is 4.72 Å². The van der Waals surface area contributed by atoms with E-state index in [1.165, 1.54) is 24.3 Å². The number of hydrogen-bond acceptors (Lipinski definition) is 5. The van der Waals surface area contributed by atoms with Gasteiger partial charge in [-0.1, -0.05) is 12.1 Å². The number of carbonyl (C=O) groups is 2. The van der Waals surface area contributed by atoms with Crippen LogP contribution in [0.3, 0.4) is 0 Å². The zero-order valence-corrected chi connectivity index (χ0v) is 16.2. The quantitative estimate of drug-likeness (QED) is 0.708. The maximum Gasteiger partial charge on any atom is 0.340 e. The summed E-state index contributed by atoms with van der Waals surface area (Å²) in [7, 11) is -3.63. The maximum atomic E-state index is 12.5. The van der Waals surface area contributed by atoms with E-state index in [0.717, 1.165) is 0 Å². The number of hydrogen-bond donors (Lipinski definition) is 2. The van der Waals surface area contributed by atoms with Gasteiger partial charge in [0.15, 0.2) is 0 Å². The molecule has 0 radical (unpaired) electrons. The third-order valence-corrected chi connectivity index (χ3v) is 5.16. The Morgan fingerprint density at radius 2 is 1.67 bits per heavy atom. The Morgan fingerprint density at radius 3 is 2.26 bits per heavy atom. The van der Waals surface area contributed by atoms with Gasteiger partial charge >= 0.3 is 5.97 Å². The van der Waals surface area contributed by atoms with Gasteiger partial charge in [0.05, 0.1) is 22.8 Å². The van der Waals surface area contributed by atoms with Crippen LogP contribution < -0.4 is 10.0 Å². The second-order valence-corrected chi connectivity index (χ2v) is 7.73. The van der Waals surface area contributed by atoms with Crippen molar-refractivity contribution in [2.75, 3.05) is 11.9 Å². The fourth-order valence-electron chi connectivity index (χ4n) is 2.34. The summed E-state index contributed by atoms with van der Waals surface area (Å²) in [6, 6.07) is 11.8. The van der Waals surface area contributed by atoms with Gasteiger partial charge in [0.2, 0.25) is 10.0 Å². The smallest absolute Gasteiger partial charge is 0.340 e. The molecule has 0 aliphatic rings. The van der Waals surface area contributed by atoms with Gasteiger partial charge < -0.3 is 10.1 Å². The Bertz CT molecular complexity index is 921. The van der Waals surface area contributed by atoms with Crippen molar-refractivity contribution in [2.24, 2.45) is 0 Å². The molecule has 2 aromatic rings. The number of esters is 1. The van der Waals surface area contributed by atoms with Crippen molar-refractivity contribution in [3.8, 4) is 0 Å². The largest absolute Gasteiger partial charge is 0.462 e. The van der Waals surface area contributed by atoms with Crippen molar-refractivity contribution in [1.29, 1.82) is 0 Å². The molecule has 0 saturated carbocycles. The third kappa shape index (κ3) is 5.38. The molecule has 2 aromatic carbocycles. The van der Waals surface area contributed by atoms with Crippen LogP contribution in [0.2, 0.25) is 0 Å². The van der Waals surface area contributed by atoms with Gasteiger partial charge in [-0.3, -0.25) is 4.79 Å². The number of ether oxygens (including phenoxy) is 1. The van der Waals surface area contributed by atoms with Crippen molar-refractivity contribution in [3.63, 3.8) is 0 Å². The van der Waals surface area contributed by atoms with Crippen molar-refractivity contribution in [3.05, 3.63) is 59.7 Å². The summed E-state index contributed by atoms with van der Waals surface area (Å²) in [5.41, 5.74) is 0.823. The molecular formula is C19H22N2O5S. The van der Waals surface area contributed by atoms with E-state index in [9.17, 15) is 18.0 Å². The van der Waals surface area contributed by atoms with Crippen molar-refractivity contribution < 1.29 is 22.7 Å². The molecule has 0 aliphatic carbocycles. The second kappa shape index (κ2) is 8.79. The molecular weight excluding hydrogens is 368 g/mol. The zero-order valence-electron chi connectivity index (χ0n) is 15.4. The first-order valence-corrected chi connectivity index (χ1v) is 9.92. The van der Waals surface area contributed by atoms with Gasteiger partial charge in [0.1, 0.15) is 0 Å². The topological polar surface area (TPSA) is 102 Å². The first-order valence-electron chi connectivity index (χ1n) is 8.44. The molecule has 0 fully saturated rings. The van der Waals surface area contributed by atoms with Gasteiger partial charge in [0, 0.05) is 11.6 Å². The van der Waals surface area contributed by atoms with Crippen LogP contribution in [-0.4, -0.2) is 32.9 Å². The fraction of sp³-hybridized carbons (Fsp3) is 0.263. The number of nitrogens with one attached hydrogen (secondary N) is 2. The summed E-state index contributed by atoms with van der Waals surface area (Å²) in [6.07, 6.45) is 0. The number of sulfonamides is 1. The van der Waals surface area contributed by atoms with Gasteiger partial charge in [-0.2, -0.15) is 0 Å². The Morgan fingerprint density at radius 1 is 1.04 bits per heavy atom. The summed E-state index contributed by atoms with van der Waals surface area (Å²) in [5, 5.41) is 2.65. The maximum absolute atomic E-state index is 12.5. The molecule has 0 aliphatic heterocycles. The van der Waals surface area contributed by atoms with Crippen LogP contribution in [0.1, 0.15) is 41.5 Å². The average molecular weight is 390 g/mol. The van der Waals surface area contributed by atoms with E-state index in [1.54, 1.807) is 45.0 Å². The lowest BCUT2D eigenvalue weighted by molar-refractivity contribution is 0.0527. The van der Waals surface area contributed by atoms with E-state index in [0.29, 0.717) is 5.69 Å². The lowest BCUT2D eigenvalue weighted by Crippen LogP contribution is -2.30. The van der Waals surface area contributed by atoms with E-state index in [1.807, 2.05) is 0 Å². The van der Waals surface area contributed by atoms with Crippen LogP contribution in [0.4, 0.5) is 5.69 Å². The first kappa shape index (κ1) is 20.6. The van der Waals surface area contributed by atoms with Crippen LogP contribution in [0.5, 0.6) is 0 Å². The van der Waals surface area contributed by atoms with Crippen LogP contribution in [0, 0.1) is 0 Å². The van der Waals surface area contributed by atoms with E-state index in [2.05, 4.69) is 10.0 Å². The molecule has 0 saturated heterocycles. The Balaban J connectivity index is 2.19. The van der Waals surface area contributed by atoms with Crippen molar-refractivity contribution >= 4 is 27.6 Å². The number of para-hydroxylation sites is 1. The molecule has 0 unspecified atom stereocenters. The average Bonchev–Trinajstić information content (AvgIpc) is 2.61. The lowest BCUT2D eigenvalue weighted by Gasteiger charge is -2.11. The molecule has 0 atom stereocenters. The monoisotopic (exact) mass is 390 g/mol. The minimum atomic E-state index is -3.63. The molecule has 0 bridgehead atoms. The van der Waals surface area contributed by atoms with Crippen LogP contribution in [0.15, 0.2) is 53.4 Å². The standard InChI is InChI=1S/C19H22N2O5S/c1-4-26-19(23)16-7-5-6-8-17(16)20-18(22)14-9-11-15(12-10-14)27(24,25)21-13(2)3/h5-13,21H,4H2,1-3H3,(H,20,22). The molecule has 144 valence electrons. The lowest BCUT2D eigenvalue weighted by atomic mass is 10.1. The van der Waals surface area contributed by atoms with Crippen LogP contribution in [-0.2, 0) is 14.8 Å². The van der Waals surface area contributed by atoms with Crippen LogP contribution in [0.25, 0.3) is 0 Å². The zero-order chi connectivity index (χ0) is 20.0. The molecule has 0 aromatic heterocycles. The highest BCUT2D eigenvalue weighted by atomic mass is 32.2. The fourth-order valence-corrected chi connectivity index (χ4v) is 3.59. The Hall–Kier alpha value is -2.71. The second-order valence-electron chi connectivity index (χ2n) is 6.02. The molecule has 7 nitrogen and oxygen atoms in total. The number of amides is 1. The molecule has 2 rings (SSSR count). The molecule has 8 heteroatoms. The highest BCUT2D eigenvalue weighted by Gasteiger charge is 2.17. The van der Waals surface area contributed by atoms with Crippen LogP contribution >= 0.6 is 0 Å². The summed E-state index contributed by atoms with van der Waals surface area (Å²) in [6.45, 7) is 5.37. The third-order valence-electron chi connectivity index (χ3n) is 3.49. The van der Waals surface area contributed by atoms with E-state index >= 15 is 0 Å². The normalized spacial score (nSPS) is 11.3. The molecule has 2 N–H and O–H groups in total. The highest BCUT2D eigenvalue weighted by molar-refractivity contribution is 7.89. The summed E-state index contributed by atoms with van der Waals surface area (Å²) in [4.78, 5) is 24.5. The predicted molar refractivity (Wildman–Crippen MR) is 102 cm³/mol. The van der Waals surface area contributed by atoms with Gasteiger partial charge in [0.25, 0.3) is 5.91 Å². The summed E-state index contributed by atoms with van der Waals surface area (Å²) in [5.74, 6) is -0.998. The highest BCUT2D eigenvalue weighted by Crippen LogP contribution is 2.18. The minimum absolute atomic E-state index is 0.0691.